The molecule has 0 fully saturated rings. The van der Waals surface area contributed by atoms with Crippen molar-refractivity contribution >= 4 is 0 Å². The highest BCUT2D eigenvalue weighted by Crippen LogP contribution is 2.19. The monoisotopic (exact) mass is 289 g/mol. The largest absolute Gasteiger partial charge is 0.315 e. The predicted molar refractivity (Wildman–Crippen MR) is 78.1 cm³/mol. The van der Waals surface area contributed by atoms with Crippen LogP contribution in [-0.4, -0.2) is 39.8 Å². The minimum atomic E-state index is -0.182. The molecule has 6 heteroatoms. The van der Waals surface area contributed by atoms with E-state index in [9.17, 15) is 4.39 Å². The Balaban J connectivity index is 1.59. The summed E-state index contributed by atoms with van der Waals surface area (Å²) >= 11 is 0. The Hall–Kier alpha value is -1.79. The topological polar surface area (TPSA) is 46.0 Å². The van der Waals surface area contributed by atoms with E-state index in [1.54, 1.807) is 18.5 Å². The molecule has 0 saturated heterocycles. The van der Waals surface area contributed by atoms with Gasteiger partial charge in [0.2, 0.25) is 0 Å². The van der Waals surface area contributed by atoms with Gasteiger partial charge in [-0.1, -0.05) is 12.1 Å². The van der Waals surface area contributed by atoms with Gasteiger partial charge in [-0.3, -0.25) is 4.90 Å². The summed E-state index contributed by atoms with van der Waals surface area (Å²) in [6, 6.07) is 6.98. The van der Waals surface area contributed by atoms with Crippen LogP contribution in [0.25, 0.3) is 0 Å². The number of aromatic nitrogens is 3. The SMILES string of the molecule is CNC(CCN1CCn2cnnc2C1)c1cccc(F)c1. The first kappa shape index (κ1) is 14.2. The van der Waals surface area contributed by atoms with Gasteiger partial charge in [-0.05, 0) is 31.2 Å². The molecular formula is C15H20FN5. The van der Waals surface area contributed by atoms with Gasteiger partial charge in [0.1, 0.15) is 18.0 Å². The number of hydrogen-bond donors (Lipinski definition) is 1. The standard InChI is InChI=1S/C15H20FN5/c1-17-14(12-3-2-4-13(16)9-12)5-6-20-7-8-21-11-18-19-15(21)10-20/h2-4,9,11,14,17H,5-8,10H2,1H3. The van der Waals surface area contributed by atoms with Crippen LogP contribution in [0.2, 0.25) is 0 Å². The lowest BCUT2D eigenvalue weighted by Crippen LogP contribution is -2.35. The van der Waals surface area contributed by atoms with Crippen molar-refractivity contribution in [3.8, 4) is 0 Å². The van der Waals surface area contributed by atoms with E-state index >= 15 is 0 Å². The molecule has 1 aliphatic rings. The first-order chi connectivity index (χ1) is 10.3. The summed E-state index contributed by atoms with van der Waals surface area (Å²) in [5, 5.41) is 11.3. The van der Waals surface area contributed by atoms with Crippen molar-refractivity contribution in [3.63, 3.8) is 0 Å². The van der Waals surface area contributed by atoms with E-state index in [0.717, 1.165) is 44.0 Å². The van der Waals surface area contributed by atoms with Crippen molar-refractivity contribution in [2.45, 2.75) is 25.6 Å². The minimum Gasteiger partial charge on any atom is -0.315 e. The van der Waals surface area contributed by atoms with Crippen molar-refractivity contribution in [1.29, 1.82) is 0 Å². The van der Waals surface area contributed by atoms with Crippen molar-refractivity contribution in [3.05, 3.63) is 47.8 Å². The summed E-state index contributed by atoms with van der Waals surface area (Å²) in [7, 11) is 1.92. The lowest BCUT2D eigenvalue weighted by atomic mass is 10.0. The average Bonchev–Trinajstić information content (AvgIpc) is 2.95. The second-order valence-corrected chi connectivity index (χ2v) is 5.40. The Bertz CT molecular complexity index is 597. The predicted octanol–water partition coefficient (Wildman–Crippen LogP) is 1.58. The zero-order valence-corrected chi connectivity index (χ0v) is 12.2. The zero-order valence-electron chi connectivity index (χ0n) is 12.2. The third-order valence-electron chi connectivity index (χ3n) is 4.05. The van der Waals surface area contributed by atoms with Crippen LogP contribution in [-0.2, 0) is 13.1 Å². The molecule has 21 heavy (non-hydrogen) atoms. The molecule has 5 nitrogen and oxygen atoms in total. The molecular weight excluding hydrogens is 269 g/mol. The van der Waals surface area contributed by atoms with Crippen molar-refractivity contribution in [1.82, 2.24) is 25.0 Å². The van der Waals surface area contributed by atoms with Crippen LogP contribution in [0.15, 0.2) is 30.6 Å². The summed E-state index contributed by atoms with van der Waals surface area (Å²) in [4.78, 5) is 2.37. The van der Waals surface area contributed by atoms with Crippen LogP contribution in [0.1, 0.15) is 23.9 Å². The number of rotatable bonds is 5. The first-order valence-corrected chi connectivity index (χ1v) is 7.28. The van der Waals surface area contributed by atoms with Gasteiger partial charge in [0.05, 0.1) is 6.54 Å². The summed E-state index contributed by atoms with van der Waals surface area (Å²) < 4.78 is 15.4. The quantitative estimate of drug-likeness (QED) is 0.908. The molecule has 1 aliphatic heterocycles. The van der Waals surface area contributed by atoms with Gasteiger partial charge < -0.3 is 9.88 Å². The second-order valence-electron chi connectivity index (χ2n) is 5.40. The van der Waals surface area contributed by atoms with Gasteiger partial charge >= 0.3 is 0 Å². The number of nitrogens with one attached hydrogen (secondary N) is 1. The molecule has 0 radical (unpaired) electrons. The number of halogens is 1. The maximum Gasteiger partial charge on any atom is 0.147 e. The second kappa shape index (κ2) is 6.32. The molecule has 0 spiro atoms. The highest BCUT2D eigenvalue weighted by Gasteiger charge is 2.18. The highest BCUT2D eigenvalue weighted by molar-refractivity contribution is 5.20. The molecule has 112 valence electrons. The summed E-state index contributed by atoms with van der Waals surface area (Å²) in [6.45, 7) is 3.73. The number of fused-ring (bicyclic) bond motifs is 1. The molecule has 1 N–H and O–H groups in total. The minimum absolute atomic E-state index is 0.167. The average molecular weight is 289 g/mol. The Kier molecular flexibility index (Phi) is 4.26. The summed E-state index contributed by atoms with van der Waals surface area (Å²) in [5.41, 5.74) is 0.998. The summed E-state index contributed by atoms with van der Waals surface area (Å²) in [5.74, 6) is 0.840. The van der Waals surface area contributed by atoms with Crippen molar-refractivity contribution in [2.24, 2.45) is 0 Å². The lowest BCUT2D eigenvalue weighted by molar-refractivity contribution is 0.207. The maximum atomic E-state index is 13.3. The van der Waals surface area contributed by atoms with E-state index < -0.39 is 0 Å². The van der Waals surface area contributed by atoms with E-state index in [1.807, 2.05) is 13.1 Å². The van der Waals surface area contributed by atoms with E-state index in [0.29, 0.717) is 0 Å². The molecule has 1 aromatic carbocycles. The van der Waals surface area contributed by atoms with Crippen LogP contribution in [0.3, 0.4) is 0 Å². The smallest absolute Gasteiger partial charge is 0.147 e. The van der Waals surface area contributed by atoms with Crippen LogP contribution in [0.4, 0.5) is 4.39 Å². The Morgan fingerprint density at radius 3 is 3.10 bits per heavy atom. The molecule has 0 amide bonds. The Labute approximate surface area is 123 Å². The van der Waals surface area contributed by atoms with E-state index in [1.165, 1.54) is 6.07 Å². The molecule has 2 aromatic rings. The number of nitrogens with zero attached hydrogens (tertiary/aromatic N) is 4. The molecule has 1 aromatic heterocycles. The highest BCUT2D eigenvalue weighted by atomic mass is 19.1. The van der Waals surface area contributed by atoms with Crippen LogP contribution in [0.5, 0.6) is 0 Å². The first-order valence-electron chi connectivity index (χ1n) is 7.28. The molecule has 1 unspecified atom stereocenters. The van der Waals surface area contributed by atoms with E-state index in [2.05, 4.69) is 25.0 Å². The van der Waals surface area contributed by atoms with Crippen LogP contribution in [0, 0.1) is 5.82 Å². The van der Waals surface area contributed by atoms with Gasteiger partial charge in [-0.25, -0.2) is 4.39 Å². The van der Waals surface area contributed by atoms with Gasteiger partial charge in [-0.15, -0.1) is 10.2 Å². The number of hydrogen-bond acceptors (Lipinski definition) is 4. The van der Waals surface area contributed by atoms with Gasteiger partial charge in [0.15, 0.2) is 0 Å². The fraction of sp³-hybridized carbons (Fsp3) is 0.467. The Morgan fingerprint density at radius 1 is 1.38 bits per heavy atom. The fourth-order valence-electron chi connectivity index (χ4n) is 2.82. The third kappa shape index (κ3) is 3.28. The molecule has 3 rings (SSSR count). The molecule has 0 saturated carbocycles. The van der Waals surface area contributed by atoms with E-state index in [4.69, 9.17) is 0 Å². The lowest BCUT2D eigenvalue weighted by Gasteiger charge is -2.28. The van der Waals surface area contributed by atoms with Crippen molar-refractivity contribution in [2.75, 3.05) is 20.1 Å². The van der Waals surface area contributed by atoms with Crippen molar-refractivity contribution < 1.29 is 4.39 Å². The molecule has 2 heterocycles. The Morgan fingerprint density at radius 2 is 2.29 bits per heavy atom. The molecule has 1 atom stereocenters. The molecule has 0 aliphatic carbocycles. The maximum absolute atomic E-state index is 13.3. The third-order valence-corrected chi connectivity index (χ3v) is 4.05. The van der Waals surface area contributed by atoms with Gasteiger partial charge in [0, 0.05) is 25.7 Å². The number of benzene rings is 1. The fourth-order valence-corrected chi connectivity index (χ4v) is 2.82. The van der Waals surface area contributed by atoms with Crippen LogP contribution >= 0.6 is 0 Å². The normalized spacial score (nSPS) is 16.7. The van der Waals surface area contributed by atoms with Gasteiger partial charge in [-0.2, -0.15) is 0 Å². The van der Waals surface area contributed by atoms with Crippen LogP contribution < -0.4 is 5.32 Å². The molecule has 0 bridgehead atoms. The summed E-state index contributed by atoms with van der Waals surface area (Å²) in [6.07, 6.45) is 2.73. The zero-order chi connectivity index (χ0) is 14.7. The van der Waals surface area contributed by atoms with E-state index in [-0.39, 0.29) is 11.9 Å². The van der Waals surface area contributed by atoms with Gasteiger partial charge in [0.25, 0.3) is 0 Å².